The maximum Gasteiger partial charge on any atom is 0.268 e. The molecule has 5 heteroatoms. The SMILES string of the molecule is C=CCn1c(C(=O)NCc2ccncc2)cc2c(OCc3ccccc3)cccc21. The number of nitrogens with zero attached hydrogens (tertiary/aromatic N) is 2. The van der Waals surface area contributed by atoms with Gasteiger partial charge in [0.25, 0.3) is 5.91 Å². The van der Waals surface area contributed by atoms with Gasteiger partial charge < -0.3 is 14.6 Å². The van der Waals surface area contributed by atoms with E-state index in [-0.39, 0.29) is 5.91 Å². The Morgan fingerprint density at radius 2 is 1.83 bits per heavy atom. The summed E-state index contributed by atoms with van der Waals surface area (Å²) in [7, 11) is 0. The second-order valence-corrected chi connectivity index (χ2v) is 6.93. The molecule has 150 valence electrons. The molecule has 0 atom stereocenters. The molecule has 30 heavy (non-hydrogen) atoms. The first kappa shape index (κ1) is 19.5. The summed E-state index contributed by atoms with van der Waals surface area (Å²) >= 11 is 0. The van der Waals surface area contributed by atoms with E-state index in [2.05, 4.69) is 16.9 Å². The van der Waals surface area contributed by atoms with Crippen LogP contribution in [0.5, 0.6) is 5.75 Å². The maximum absolute atomic E-state index is 13.0. The fourth-order valence-corrected chi connectivity index (χ4v) is 3.41. The van der Waals surface area contributed by atoms with Gasteiger partial charge in [-0.1, -0.05) is 42.5 Å². The Kier molecular flexibility index (Phi) is 5.90. The number of amides is 1. The van der Waals surface area contributed by atoms with Crippen molar-refractivity contribution < 1.29 is 9.53 Å². The molecule has 1 amide bonds. The minimum absolute atomic E-state index is 0.140. The summed E-state index contributed by atoms with van der Waals surface area (Å²) < 4.78 is 8.04. The number of carbonyl (C=O) groups is 1. The zero-order valence-corrected chi connectivity index (χ0v) is 16.6. The van der Waals surface area contributed by atoms with Gasteiger partial charge in [0.15, 0.2) is 0 Å². The summed E-state index contributed by atoms with van der Waals surface area (Å²) in [5.41, 5.74) is 3.61. The molecule has 1 N–H and O–H groups in total. The fraction of sp³-hybridized carbons (Fsp3) is 0.120. The van der Waals surface area contributed by atoms with Crippen LogP contribution >= 0.6 is 0 Å². The lowest BCUT2D eigenvalue weighted by atomic mass is 10.2. The standard InChI is InChI=1S/C25H23N3O2/c1-2-15-28-22-9-6-10-24(30-18-20-7-4-3-5-8-20)21(22)16-23(28)25(29)27-17-19-11-13-26-14-12-19/h2-14,16H,1,15,17-18H2,(H,27,29). The number of pyridine rings is 1. The van der Waals surface area contributed by atoms with Crippen molar-refractivity contribution in [1.82, 2.24) is 14.9 Å². The van der Waals surface area contributed by atoms with E-state index in [1.165, 1.54) is 0 Å². The van der Waals surface area contributed by atoms with Crippen LogP contribution < -0.4 is 10.1 Å². The second kappa shape index (κ2) is 9.09. The van der Waals surface area contributed by atoms with Crippen LogP contribution in [-0.2, 0) is 19.7 Å². The van der Waals surface area contributed by atoms with E-state index < -0.39 is 0 Å². The van der Waals surface area contributed by atoms with Crippen LogP contribution in [0.4, 0.5) is 0 Å². The van der Waals surface area contributed by atoms with Crippen LogP contribution in [0.1, 0.15) is 21.6 Å². The van der Waals surface area contributed by atoms with Crippen molar-refractivity contribution in [1.29, 1.82) is 0 Å². The zero-order chi connectivity index (χ0) is 20.8. The van der Waals surface area contributed by atoms with Gasteiger partial charge in [-0.3, -0.25) is 9.78 Å². The Morgan fingerprint density at radius 3 is 2.60 bits per heavy atom. The number of rotatable bonds is 8. The summed E-state index contributed by atoms with van der Waals surface area (Å²) in [6.45, 7) is 5.28. The first-order chi connectivity index (χ1) is 14.8. The molecule has 4 rings (SSSR count). The van der Waals surface area contributed by atoms with Crippen LogP contribution in [-0.4, -0.2) is 15.5 Å². The highest BCUT2D eigenvalue weighted by molar-refractivity contribution is 6.00. The predicted molar refractivity (Wildman–Crippen MR) is 118 cm³/mol. The molecular formula is C25H23N3O2. The first-order valence-electron chi connectivity index (χ1n) is 9.83. The zero-order valence-electron chi connectivity index (χ0n) is 16.6. The predicted octanol–water partition coefficient (Wildman–Crippen LogP) is 4.73. The third-order valence-electron chi connectivity index (χ3n) is 4.89. The second-order valence-electron chi connectivity index (χ2n) is 6.93. The summed E-state index contributed by atoms with van der Waals surface area (Å²) in [6, 6.07) is 21.6. The minimum Gasteiger partial charge on any atom is -0.488 e. The molecular weight excluding hydrogens is 374 g/mol. The molecule has 4 aromatic rings. The van der Waals surface area contributed by atoms with Gasteiger partial charge in [0.1, 0.15) is 18.1 Å². The molecule has 0 spiro atoms. The van der Waals surface area contributed by atoms with E-state index in [1.807, 2.05) is 71.3 Å². The molecule has 0 unspecified atom stereocenters. The molecule has 2 aromatic heterocycles. The van der Waals surface area contributed by atoms with Crippen molar-refractivity contribution >= 4 is 16.8 Å². The smallest absolute Gasteiger partial charge is 0.268 e. The van der Waals surface area contributed by atoms with Crippen molar-refractivity contribution in [2.75, 3.05) is 0 Å². The Hall–Kier alpha value is -3.86. The topological polar surface area (TPSA) is 56.2 Å². The number of nitrogens with one attached hydrogen (secondary N) is 1. The molecule has 2 aromatic carbocycles. The van der Waals surface area contributed by atoms with Gasteiger partial charge in [-0.15, -0.1) is 6.58 Å². The molecule has 0 saturated carbocycles. The van der Waals surface area contributed by atoms with Crippen molar-refractivity contribution in [3.05, 3.63) is 109 Å². The van der Waals surface area contributed by atoms with Gasteiger partial charge in [-0.2, -0.15) is 0 Å². The molecule has 5 nitrogen and oxygen atoms in total. The lowest BCUT2D eigenvalue weighted by Crippen LogP contribution is -2.25. The Morgan fingerprint density at radius 1 is 1.03 bits per heavy atom. The number of benzene rings is 2. The average molecular weight is 397 g/mol. The first-order valence-corrected chi connectivity index (χ1v) is 9.83. The number of hydrogen-bond acceptors (Lipinski definition) is 3. The normalized spacial score (nSPS) is 10.7. The van der Waals surface area contributed by atoms with E-state index >= 15 is 0 Å². The highest BCUT2D eigenvalue weighted by atomic mass is 16.5. The number of hydrogen-bond donors (Lipinski definition) is 1. The lowest BCUT2D eigenvalue weighted by molar-refractivity contribution is 0.0942. The van der Waals surface area contributed by atoms with E-state index in [0.717, 1.165) is 27.8 Å². The van der Waals surface area contributed by atoms with Gasteiger partial charge >= 0.3 is 0 Å². The summed E-state index contributed by atoms with van der Waals surface area (Å²) in [5, 5.41) is 3.90. The number of allylic oxidation sites excluding steroid dienone is 1. The van der Waals surface area contributed by atoms with Gasteiger partial charge in [0.05, 0.1) is 5.52 Å². The largest absolute Gasteiger partial charge is 0.488 e. The lowest BCUT2D eigenvalue weighted by Gasteiger charge is -2.10. The van der Waals surface area contributed by atoms with Crippen LogP contribution in [0.3, 0.4) is 0 Å². The Labute approximate surface area is 175 Å². The van der Waals surface area contributed by atoms with E-state index in [0.29, 0.717) is 25.4 Å². The summed E-state index contributed by atoms with van der Waals surface area (Å²) in [4.78, 5) is 17.0. The molecule has 0 fully saturated rings. The molecule has 0 aliphatic carbocycles. The van der Waals surface area contributed by atoms with Crippen LogP contribution in [0.2, 0.25) is 0 Å². The Bertz CT molecular complexity index is 1150. The highest BCUT2D eigenvalue weighted by Crippen LogP contribution is 2.30. The van der Waals surface area contributed by atoms with Gasteiger partial charge in [-0.25, -0.2) is 0 Å². The van der Waals surface area contributed by atoms with Crippen LogP contribution in [0.15, 0.2) is 91.8 Å². The number of fused-ring (bicyclic) bond motifs is 1. The average Bonchev–Trinajstić information content (AvgIpc) is 3.17. The minimum atomic E-state index is -0.140. The quantitative estimate of drug-likeness (QED) is 0.437. The third-order valence-corrected chi connectivity index (χ3v) is 4.89. The molecule has 0 radical (unpaired) electrons. The molecule has 0 aliphatic heterocycles. The van der Waals surface area contributed by atoms with Crippen LogP contribution in [0.25, 0.3) is 10.9 Å². The van der Waals surface area contributed by atoms with Crippen molar-refractivity contribution in [3.8, 4) is 5.75 Å². The van der Waals surface area contributed by atoms with Gasteiger partial charge in [0.2, 0.25) is 0 Å². The van der Waals surface area contributed by atoms with E-state index in [1.54, 1.807) is 18.5 Å². The Balaban J connectivity index is 1.61. The summed E-state index contributed by atoms with van der Waals surface area (Å²) in [6.07, 6.45) is 5.22. The fourth-order valence-electron chi connectivity index (χ4n) is 3.41. The number of carbonyl (C=O) groups excluding carboxylic acids is 1. The van der Waals surface area contributed by atoms with E-state index in [9.17, 15) is 4.79 Å². The number of aromatic nitrogens is 2. The van der Waals surface area contributed by atoms with Crippen molar-refractivity contribution in [2.45, 2.75) is 19.7 Å². The molecule has 0 bridgehead atoms. The van der Waals surface area contributed by atoms with Gasteiger partial charge in [-0.05, 0) is 41.5 Å². The van der Waals surface area contributed by atoms with Crippen molar-refractivity contribution in [2.24, 2.45) is 0 Å². The van der Waals surface area contributed by atoms with Crippen LogP contribution in [0, 0.1) is 0 Å². The monoisotopic (exact) mass is 397 g/mol. The maximum atomic E-state index is 13.0. The molecule has 2 heterocycles. The molecule has 0 saturated heterocycles. The van der Waals surface area contributed by atoms with Crippen molar-refractivity contribution in [3.63, 3.8) is 0 Å². The molecule has 0 aliphatic rings. The third kappa shape index (κ3) is 4.25. The van der Waals surface area contributed by atoms with Gasteiger partial charge in [0, 0.05) is 30.9 Å². The number of ether oxygens (including phenoxy) is 1. The highest BCUT2D eigenvalue weighted by Gasteiger charge is 2.17. The summed E-state index contributed by atoms with van der Waals surface area (Å²) in [5.74, 6) is 0.612. The van der Waals surface area contributed by atoms with E-state index in [4.69, 9.17) is 4.74 Å².